The van der Waals surface area contributed by atoms with Crippen LogP contribution in [0, 0.1) is 6.92 Å². The molecule has 0 bridgehead atoms. The summed E-state index contributed by atoms with van der Waals surface area (Å²) in [5, 5.41) is 6.25. The molecular formula is C12H13N3O. The summed E-state index contributed by atoms with van der Waals surface area (Å²) in [5.74, 6) is 0. The highest BCUT2D eigenvalue weighted by atomic mass is 16.2. The molecule has 0 aliphatic carbocycles. The number of fused-ring (bicyclic) bond motifs is 1. The predicted octanol–water partition coefficient (Wildman–Crippen LogP) is 2.29. The van der Waals surface area contributed by atoms with E-state index in [2.05, 4.69) is 15.6 Å². The molecule has 0 saturated heterocycles. The largest absolute Gasteiger partial charge is 0.341 e. The number of carbonyl (C=O) groups excluding carboxylic acids is 1. The highest BCUT2D eigenvalue weighted by molar-refractivity contribution is 6.00. The zero-order valence-electron chi connectivity index (χ0n) is 9.24. The minimum absolute atomic E-state index is 0.226. The van der Waals surface area contributed by atoms with Crippen molar-refractivity contribution in [3.63, 3.8) is 0 Å². The zero-order valence-corrected chi connectivity index (χ0v) is 9.24. The molecular weight excluding hydrogens is 202 g/mol. The van der Waals surface area contributed by atoms with Crippen molar-refractivity contribution in [1.82, 2.24) is 10.3 Å². The lowest BCUT2D eigenvalue weighted by atomic mass is 10.1. The molecule has 4 nitrogen and oxygen atoms in total. The van der Waals surface area contributed by atoms with E-state index < -0.39 is 0 Å². The molecule has 1 heterocycles. The van der Waals surface area contributed by atoms with Crippen LogP contribution in [0.5, 0.6) is 0 Å². The predicted molar refractivity (Wildman–Crippen MR) is 64.6 cm³/mol. The van der Waals surface area contributed by atoms with Gasteiger partial charge in [-0.25, -0.2) is 4.79 Å². The van der Waals surface area contributed by atoms with Crippen molar-refractivity contribution in [2.24, 2.45) is 0 Å². The summed E-state index contributed by atoms with van der Waals surface area (Å²) in [6.07, 6.45) is 0. The van der Waals surface area contributed by atoms with Gasteiger partial charge in [0, 0.05) is 18.1 Å². The standard InChI is InChI=1S/C12H13N3O/c1-8-7-11(15-12(16)13-2)9-5-3-4-6-10(9)14-8/h3-7H,1-2H3,(H2,13,14,15,16). The van der Waals surface area contributed by atoms with Crippen LogP contribution in [0.15, 0.2) is 30.3 Å². The van der Waals surface area contributed by atoms with Crippen LogP contribution < -0.4 is 10.6 Å². The van der Waals surface area contributed by atoms with Crippen molar-refractivity contribution in [1.29, 1.82) is 0 Å². The van der Waals surface area contributed by atoms with Gasteiger partial charge in [0.15, 0.2) is 0 Å². The molecule has 0 saturated carbocycles. The summed E-state index contributed by atoms with van der Waals surface area (Å²) in [7, 11) is 1.59. The fourth-order valence-corrected chi connectivity index (χ4v) is 1.60. The van der Waals surface area contributed by atoms with Crippen molar-refractivity contribution >= 4 is 22.6 Å². The Morgan fingerprint density at radius 3 is 2.81 bits per heavy atom. The number of urea groups is 1. The fraction of sp³-hybridized carbons (Fsp3) is 0.167. The van der Waals surface area contributed by atoms with Gasteiger partial charge < -0.3 is 10.6 Å². The number of benzene rings is 1. The molecule has 0 aliphatic heterocycles. The molecule has 2 rings (SSSR count). The van der Waals surface area contributed by atoms with Gasteiger partial charge in [-0.05, 0) is 19.1 Å². The maximum absolute atomic E-state index is 11.3. The summed E-state index contributed by atoms with van der Waals surface area (Å²) in [6.45, 7) is 1.90. The zero-order chi connectivity index (χ0) is 11.5. The summed E-state index contributed by atoms with van der Waals surface area (Å²) >= 11 is 0. The minimum Gasteiger partial charge on any atom is -0.341 e. The molecule has 82 valence electrons. The number of aryl methyl sites for hydroxylation is 1. The van der Waals surface area contributed by atoms with Gasteiger partial charge in [0.2, 0.25) is 0 Å². The molecule has 1 aromatic carbocycles. The lowest BCUT2D eigenvalue weighted by molar-refractivity contribution is 0.254. The summed E-state index contributed by atoms with van der Waals surface area (Å²) < 4.78 is 0. The molecule has 2 aromatic rings. The number of hydrogen-bond acceptors (Lipinski definition) is 2. The number of carbonyl (C=O) groups is 1. The Morgan fingerprint density at radius 2 is 2.06 bits per heavy atom. The second kappa shape index (κ2) is 4.18. The van der Waals surface area contributed by atoms with Crippen molar-refractivity contribution in [3.8, 4) is 0 Å². The Morgan fingerprint density at radius 1 is 1.31 bits per heavy atom. The van der Waals surface area contributed by atoms with Gasteiger partial charge in [-0.3, -0.25) is 4.98 Å². The molecule has 2 N–H and O–H groups in total. The van der Waals surface area contributed by atoms with Crippen LogP contribution in [-0.2, 0) is 0 Å². The van der Waals surface area contributed by atoms with E-state index in [1.54, 1.807) is 7.05 Å². The molecule has 0 atom stereocenters. The number of aromatic nitrogens is 1. The molecule has 0 spiro atoms. The summed E-state index contributed by atoms with van der Waals surface area (Å²) in [4.78, 5) is 15.7. The van der Waals surface area contributed by atoms with E-state index in [0.29, 0.717) is 0 Å². The highest BCUT2D eigenvalue weighted by Gasteiger charge is 2.05. The molecule has 2 amide bonds. The van der Waals surface area contributed by atoms with Crippen LogP contribution in [0.2, 0.25) is 0 Å². The first kappa shape index (κ1) is 10.4. The van der Waals surface area contributed by atoms with E-state index in [4.69, 9.17) is 0 Å². The maximum Gasteiger partial charge on any atom is 0.318 e. The number of anilines is 1. The minimum atomic E-state index is -0.226. The summed E-state index contributed by atoms with van der Waals surface area (Å²) in [6, 6.07) is 9.35. The van der Waals surface area contributed by atoms with Crippen molar-refractivity contribution < 1.29 is 4.79 Å². The molecule has 16 heavy (non-hydrogen) atoms. The monoisotopic (exact) mass is 215 g/mol. The number of para-hydroxylation sites is 1. The van der Waals surface area contributed by atoms with Crippen molar-refractivity contribution in [2.75, 3.05) is 12.4 Å². The van der Waals surface area contributed by atoms with Gasteiger partial charge in [-0.2, -0.15) is 0 Å². The van der Waals surface area contributed by atoms with Gasteiger partial charge >= 0.3 is 6.03 Å². The topological polar surface area (TPSA) is 54.0 Å². The van der Waals surface area contributed by atoms with E-state index >= 15 is 0 Å². The molecule has 0 unspecified atom stereocenters. The Labute approximate surface area is 93.7 Å². The van der Waals surface area contributed by atoms with Gasteiger partial charge in [0.1, 0.15) is 0 Å². The molecule has 0 radical (unpaired) electrons. The number of rotatable bonds is 1. The van der Waals surface area contributed by atoms with Crippen LogP contribution in [0.3, 0.4) is 0 Å². The lowest BCUT2D eigenvalue weighted by Gasteiger charge is -2.08. The van der Waals surface area contributed by atoms with Crippen LogP contribution in [0.4, 0.5) is 10.5 Å². The normalized spacial score (nSPS) is 10.1. The summed E-state index contributed by atoms with van der Waals surface area (Å²) in [5.41, 5.74) is 2.54. The van der Waals surface area contributed by atoms with Gasteiger partial charge in [0.05, 0.1) is 11.2 Å². The van der Waals surface area contributed by atoms with Crippen LogP contribution >= 0.6 is 0 Å². The van der Waals surface area contributed by atoms with E-state index in [1.807, 2.05) is 37.3 Å². The number of pyridine rings is 1. The third kappa shape index (κ3) is 1.95. The van der Waals surface area contributed by atoms with Crippen LogP contribution in [0.1, 0.15) is 5.69 Å². The third-order valence-electron chi connectivity index (χ3n) is 2.32. The Balaban J connectivity index is 2.54. The number of nitrogens with one attached hydrogen (secondary N) is 2. The van der Waals surface area contributed by atoms with E-state index in [9.17, 15) is 4.79 Å². The molecule has 1 aromatic heterocycles. The Hall–Kier alpha value is -2.10. The first-order valence-electron chi connectivity index (χ1n) is 5.06. The number of amides is 2. The number of nitrogens with zero attached hydrogens (tertiary/aromatic N) is 1. The number of hydrogen-bond donors (Lipinski definition) is 2. The lowest BCUT2D eigenvalue weighted by Crippen LogP contribution is -2.24. The van der Waals surface area contributed by atoms with Crippen molar-refractivity contribution in [3.05, 3.63) is 36.0 Å². The molecule has 4 heteroatoms. The second-order valence-corrected chi connectivity index (χ2v) is 3.53. The van der Waals surface area contributed by atoms with Crippen molar-refractivity contribution in [2.45, 2.75) is 6.92 Å². The quantitative estimate of drug-likeness (QED) is 0.766. The second-order valence-electron chi connectivity index (χ2n) is 3.53. The van der Waals surface area contributed by atoms with Crippen LogP contribution in [0.25, 0.3) is 10.9 Å². The first-order chi connectivity index (χ1) is 7.70. The van der Waals surface area contributed by atoms with Gasteiger partial charge in [-0.1, -0.05) is 18.2 Å². The average Bonchev–Trinajstić information content (AvgIpc) is 2.28. The molecule has 0 fully saturated rings. The Bertz CT molecular complexity index is 537. The molecule has 0 aliphatic rings. The SMILES string of the molecule is CNC(=O)Nc1cc(C)nc2ccccc12. The first-order valence-corrected chi connectivity index (χ1v) is 5.06. The smallest absolute Gasteiger partial charge is 0.318 e. The Kier molecular flexibility index (Phi) is 2.72. The maximum atomic E-state index is 11.3. The van der Waals surface area contributed by atoms with E-state index in [1.165, 1.54) is 0 Å². The average molecular weight is 215 g/mol. The van der Waals surface area contributed by atoms with Gasteiger partial charge in [0.25, 0.3) is 0 Å². The van der Waals surface area contributed by atoms with E-state index in [0.717, 1.165) is 22.3 Å². The van der Waals surface area contributed by atoms with E-state index in [-0.39, 0.29) is 6.03 Å². The fourth-order valence-electron chi connectivity index (χ4n) is 1.60. The highest BCUT2D eigenvalue weighted by Crippen LogP contribution is 2.22. The third-order valence-corrected chi connectivity index (χ3v) is 2.32. The van der Waals surface area contributed by atoms with Crippen LogP contribution in [-0.4, -0.2) is 18.1 Å². The van der Waals surface area contributed by atoms with Gasteiger partial charge in [-0.15, -0.1) is 0 Å².